The summed E-state index contributed by atoms with van der Waals surface area (Å²) >= 11 is 3.06. The maximum Gasteiger partial charge on any atom is 0.263 e. The van der Waals surface area contributed by atoms with E-state index < -0.39 is 0 Å². The van der Waals surface area contributed by atoms with Crippen molar-refractivity contribution in [3.8, 4) is 0 Å². The van der Waals surface area contributed by atoms with Crippen LogP contribution in [0.2, 0.25) is 0 Å². The first-order valence-electron chi connectivity index (χ1n) is 10.6. The van der Waals surface area contributed by atoms with E-state index in [-0.39, 0.29) is 11.5 Å². The summed E-state index contributed by atoms with van der Waals surface area (Å²) in [5.41, 5.74) is 2.15. The fourth-order valence-corrected chi connectivity index (χ4v) is 6.60. The molecule has 156 valence electrons. The van der Waals surface area contributed by atoms with Gasteiger partial charge in [-0.15, -0.1) is 11.3 Å². The number of thioether (sulfide) groups is 1. The van der Waals surface area contributed by atoms with E-state index in [9.17, 15) is 9.59 Å². The Morgan fingerprint density at radius 3 is 2.83 bits per heavy atom. The standard InChI is InChI=1S/C22H29N3O2S2/c1-14(2)12-25-21(27)19-16-9-4-5-10-17(16)29-20(19)23-22(25)28-13-18(26)24-11-7-6-8-15(24)3/h15H,1,4-13H2,2-3H3/t15-/m1/s1. The lowest BCUT2D eigenvalue weighted by Crippen LogP contribution is -2.43. The van der Waals surface area contributed by atoms with E-state index in [4.69, 9.17) is 4.98 Å². The van der Waals surface area contributed by atoms with Gasteiger partial charge >= 0.3 is 0 Å². The Morgan fingerprint density at radius 1 is 1.28 bits per heavy atom. The van der Waals surface area contributed by atoms with Crippen molar-refractivity contribution in [2.24, 2.45) is 0 Å². The Morgan fingerprint density at radius 2 is 2.07 bits per heavy atom. The van der Waals surface area contributed by atoms with Crippen LogP contribution in [0.3, 0.4) is 0 Å². The van der Waals surface area contributed by atoms with Crippen LogP contribution in [0.15, 0.2) is 22.1 Å². The topological polar surface area (TPSA) is 55.2 Å². The number of likely N-dealkylation sites (tertiary alicyclic amines) is 1. The number of carbonyl (C=O) groups is 1. The summed E-state index contributed by atoms with van der Waals surface area (Å²) in [5, 5.41) is 1.44. The molecule has 1 aliphatic carbocycles. The predicted octanol–water partition coefficient (Wildman–Crippen LogP) is 4.41. The molecule has 29 heavy (non-hydrogen) atoms. The fraction of sp³-hybridized carbons (Fsp3) is 0.591. The Labute approximate surface area is 180 Å². The molecule has 0 bridgehead atoms. The predicted molar refractivity (Wildman–Crippen MR) is 121 cm³/mol. The summed E-state index contributed by atoms with van der Waals surface area (Å²) in [6, 6.07) is 0.300. The monoisotopic (exact) mass is 431 g/mol. The largest absolute Gasteiger partial charge is 0.339 e. The molecule has 0 unspecified atom stereocenters. The summed E-state index contributed by atoms with van der Waals surface area (Å²) in [7, 11) is 0. The van der Waals surface area contributed by atoms with E-state index in [1.54, 1.807) is 15.9 Å². The van der Waals surface area contributed by atoms with Crippen LogP contribution in [-0.2, 0) is 24.2 Å². The molecule has 4 rings (SSSR count). The molecule has 2 aromatic rings. The van der Waals surface area contributed by atoms with E-state index >= 15 is 0 Å². The molecular formula is C22H29N3O2S2. The summed E-state index contributed by atoms with van der Waals surface area (Å²) < 4.78 is 1.73. The number of hydrogen-bond acceptors (Lipinski definition) is 5. The summed E-state index contributed by atoms with van der Waals surface area (Å²) in [5.74, 6) is 0.465. The second-order valence-electron chi connectivity index (χ2n) is 8.35. The zero-order chi connectivity index (χ0) is 20.5. The molecule has 0 aromatic carbocycles. The number of aryl methyl sites for hydroxylation is 2. The SMILES string of the molecule is C=C(C)Cn1c(SCC(=O)N2CCCC[C@H]2C)nc2sc3c(c2c1=O)CCCC3. The molecule has 1 aliphatic heterocycles. The van der Waals surface area contributed by atoms with Crippen molar-refractivity contribution in [3.05, 3.63) is 32.9 Å². The lowest BCUT2D eigenvalue weighted by Gasteiger charge is -2.33. The van der Waals surface area contributed by atoms with Crippen molar-refractivity contribution in [2.75, 3.05) is 12.3 Å². The highest BCUT2D eigenvalue weighted by Crippen LogP contribution is 2.35. The van der Waals surface area contributed by atoms with Crippen molar-refractivity contribution in [3.63, 3.8) is 0 Å². The first kappa shape index (κ1) is 20.7. The maximum atomic E-state index is 13.4. The van der Waals surface area contributed by atoms with Gasteiger partial charge in [0.15, 0.2) is 5.16 Å². The molecule has 5 nitrogen and oxygen atoms in total. The number of piperidine rings is 1. The van der Waals surface area contributed by atoms with Crippen molar-refractivity contribution >= 4 is 39.2 Å². The van der Waals surface area contributed by atoms with Crippen molar-refractivity contribution < 1.29 is 4.79 Å². The number of amides is 1. The van der Waals surface area contributed by atoms with Crippen molar-refractivity contribution in [1.29, 1.82) is 0 Å². The van der Waals surface area contributed by atoms with Gasteiger partial charge in [-0.05, 0) is 64.4 Å². The molecule has 0 N–H and O–H groups in total. The second kappa shape index (κ2) is 8.64. The van der Waals surface area contributed by atoms with E-state index in [0.29, 0.717) is 23.5 Å². The molecule has 1 amide bonds. The highest BCUT2D eigenvalue weighted by molar-refractivity contribution is 7.99. The van der Waals surface area contributed by atoms with Gasteiger partial charge in [-0.1, -0.05) is 23.9 Å². The number of hydrogen-bond donors (Lipinski definition) is 0. The Kier molecular flexibility index (Phi) is 6.16. The minimum absolute atomic E-state index is 0.0266. The summed E-state index contributed by atoms with van der Waals surface area (Å²) in [6.07, 6.45) is 7.67. The molecule has 2 aromatic heterocycles. The number of nitrogens with zero attached hydrogens (tertiary/aromatic N) is 3. The second-order valence-corrected chi connectivity index (χ2v) is 10.4. The number of rotatable bonds is 5. The van der Waals surface area contributed by atoms with Crippen LogP contribution in [0.4, 0.5) is 0 Å². The molecular weight excluding hydrogens is 402 g/mol. The number of allylic oxidation sites excluding steroid dienone is 1. The molecule has 1 saturated heterocycles. The normalized spacial score (nSPS) is 19.4. The van der Waals surface area contributed by atoms with E-state index in [0.717, 1.165) is 54.4 Å². The lowest BCUT2D eigenvalue weighted by atomic mass is 9.97. The zero-order valence-electron chi connectivity index (χ0n) is 17.3. The maximum absolute atomic E-state index is 13.4. The van der Waals surface area contributed by atoms with Gasteiger partial charge in [0.05, 0.1) is 11.1 Å². The molecule has 1 atom stereocenters. The van der Waals surface area contributed by atoms with Crippen LogP contribution in [0.5, 0.6) is 0 Å². The molecule has 0 saturated carbocycles. The highest BCUT2D eigenvalue weighted by Gasteiger charge is 2.25. The molecule has 1 fully saturated rings. The van der Waals surface area contributed by atoms with Gasteiger partial charge in [0, 0.05) is 24.0 Å². The van der Waals surface area contributed by atoms with Gasteiger partial charge < -0.3 is 4.90 Å². The minimum atomic E-state index is 0.0266. The van der Waals surface area contributed by atoms with Gasteiger partial charge in [-0.25, -0.2) is 4.98 Å². The van der Waals surface area contributed by atoms with Crippen molar-refractivity contribution in [2.45, 2.75) is 76.5 Å². The lowest BCUT2D eigenvalue weighted by molar-refractivity contribution is -0.131. The van der Waals surface area contributed by atoms with Crippen LogP contribution in [0, 0.1) is 0 Å². The molecule has 0 spiro atoms. The number of carbonyl (C=O) groups excluding carboxylic acids is 1. The highest BCUT2D eigenvalue weighted by atomic mass is 32.2. The smallest absolute Gasteiger partial charge is 0.263 e. The Hall–Kier alpha value is -1.60. The number of thiophene rings is 1. The van der Waals surface area contributed by atoms with Crippen LogP contribution in [0.1, 0.15) is 56.4 Å². The zero-order valence-corrected chi connectivity index (χ0v) is 19.0. The average Bonchev–Trinajstić information content (AvgIpc) is 3.07. The van der Waals surface area contributed by atoms with Gasteiger partial charge in [-0.3, -0.25) is 14.2 Å². The Bertz CT molecular complexity index is 1010. The molecule has 0 radical (unpaired) electrons. The third-order valence-electron chi connectivity index (χ3n) is 5.92. The van der Waals surface area contributed by atoms with Gasteiger partial charge in [-0.2, -0.15) is 0 Å². The quantitative estimate of drug-likeness (QED) is 0.400. The van der Waals surface area contributed by atoms with E-state index in [2.05, 4.69) is 13.5 Å². The van der Waals surface area contributed by atoms with Gasteiger partial charge in [0.25, 0.3) is 5.56 Å². The van der Waals surface area contributed by atoms with Crippen LogP contribution in [-0.4, -0.2) is 38.7 Å². The summed E-state index contributed by atoms with van der Waals surface area (Å²) in [6.45, 7) is 9.33. The molecule has 7 heteroatoms. The fourth-order valence-electron chi connectivity index (χ4n) is 4.42. The molecule has 3 heterocycles. The average molecular weight is 432 g/mol. The third-order valence-corrected chi connectivity index (χ3v) is 8.06. The first-order chi connectivity index (χ1) is 14.0. The van der Waals surface area contributed by atoms with Crippen LogP contribution >= 0.6 is 23.1 Å². The van der Waals surface area contributed by atoms with Gasteiger partial charge in [0.1, 0.15) is 4.83 Å². The summed E-state index contributed by atoms with van der Waals surface area (Å²) in [4.78, 5) is 35.2. The minimum Gasteiger partial charge on any atom is -0.339 e. The number of aromatic nitrogens is 2. The van der Waals surface area contributed by atoms with Crippen molar-refractivity contribution in [1.82, 2.24) is 14.5 Å². The Balaban J connectivity index is 1.66. The molecule has 2 aliphatic rings. The van der Waals surface area contributed by atoms with E-state index in [1.165, 1.54) is 35.0 Å². The van der Waals surface area contributed by atoms with Crippen LogP contribution < -0.4 is 5.56 Å². The van der Waals surface area contributed by atoms with Gasteiger partial charge in [0.2, 0.25) is 5.91 Å². The van der Waals surface area contributed by atoms with E-state index in [1.807, 2.05) is 11.8 Å². The third kappa shape index (κ3) is 4.17. The first-order valence-corrected chi connectivity index (χ1v) is 12.4. The van der Waals surface area contributed by atoms with Crippen LogP contribution in [0.25, 0.3) is 10.2 Å². The number of fused-ring (bicyclic) bond motifs is 3.